The predicted octanol–water partition coefficient (Wildman–Crippen LogP) is 2.52. The third kappa shape index (κ3) is 1.86. The summed E-state index contributed by atoms with van der Waals surface area (Å²) in [5.41, 5.74) is 0. The minimum Gasteiger partial charge on any atom is -0.315 e. The highest BCUT2D eigenvalue weighted by atomic mass is 32.2. The Morgan fingerprint density at radius 3 is 3.15 bits per heavy atom. The Morgan fingerprint density at radius 2 is 2.46 bits per heavy atom. The molecule has 0 amide bonds. The number of nitrogens with two attached hydrogens (primary N) is 1. The predicted molar refractivity (Wildman–Crippen MR) is 58.9 cm³/mol. The number of allylic oxidation sites excluding steroid dienone is 1. The molecule has 1 aliphatic rings. The molecule has 0 saturated carbocycles. The summed E-state index contributed by atoms with van der Waals surface area (Å²) in [6.07, 6.45) is 4.15. The summed E-state index contributed by atoms with van der Waals surface area (Å²) in [6, 6.07) is 4.20. The summed E-state index contributed by atoms with van der Waals surface area (Å²) in [5.74, 6) is 7.76. The van der Waals surface area contributed by atoms with E-state index >= 15 is 0 Å². The first-order valence-corrected chi connectivity index (χ1v) is 5.57. The van der Waals surface area contributed by atoms with Crippen LogP contribution in [0.2, 0.25) is 0 Å². The highest BCUT2D eigenvalue weighted by Gasteiger charge is 2.16. The quantitative estimate of drug-likeness (QED) is 0.437. The lowest BCUT2D eigenvalue weighted by Gasteiger charge is -2.01. The third-order valence-corrected chi connectivity index (χ3v) is 3.93. The molecule has 0 fully saturated rings. The topological polar surface area (TPSA) is 38.4 Å². The molecule has 0 radical (unpaired) electrons. The SMILES string of the molecule is NN=C=C1C=CC(c2cccs2)S1. The van der Waals surface area contributed by atoms with Crippen LogP contribution in [0.3, 0.4) is 0 Å². The van der Waals surface area contributed by atoms with Crippen molar-refractivity contribution in [3.63, 3.8) is 0 Å². The van der Waals surface area contributed by atoms with Crippen molar-refractivity contribution in [2.45, 2.75) is 5.25 Å². The molecular weight excluding hydrogens is 200 g/mol. The molecule has 0 aromatic carbocycles. The molecule has 13 heavy (non-hydrogen) atoms. The van der Waals surface area contributed by atoms with Gasteiger partial charge in [-0.05, 0) is 17.5 Å². The van der Waals surface area contributed by atoms with E-state index in [4.69, 9.17) is 5.84 Å². The summed E-state index contributed by atoms with van der Waals surface area (Å²) in [5, 5.41) is 5.88. The lowest BCUT2D eigenvalue weighted by molar-refractivity contribution is 1.27. The number of rotatable bonds is 1. The molecule has 1 aliphatic heterocycles. The highest BCUT2D eigenvalue weighted by molar-refractivity contribution is 8.04. The molecule has 0 saturated heterocycles. The van der Waals surface area contributed by atoms with Crippen LogP contribution >= 0.6 is 23.1 Å². The van der Waals surface area contributed by atoms with Gasteiger partial charge in [-0.2, -0.15) is 0 Å². The van der Waals surface area contributed by atoms with Gasteiger partial charge in [0.25, 0.3) is 0 Å². The van der Waals surface area contributed by atoms with Crippen LogP contribution in [0.4, 0.5) is 0 Å². The van der Waals surface area contributed by atoms with E-state index in [1.807, 2.05) is 6.08 Å². The average molecular weight is 208 g/mol. The Kier molecular flexibility index (Phi) is 2.54. The largest absolute Gasteiger partial charge is 0.315 e. The van der Waals surface area contributed by atoms with Crippen LogP contribution in [-0.4, -0.2) is 5.87 Å². The van der Waals surface area contributed by atoms with Gasteiger partial charge in [-0.25, -0.2) is 0 Å². The zero-order valence-corrected chi connectivity index (χ0v) is 8.44. The van der Waals surface area contributed by atoms with Crippen molar-refractivity contribution >= 4 is 29.0 Å². The van der Waals surface area contributed by atoms with E-state index in [2.05, 4.69) is 34.6 Å². The molecule has 1 atom stereocenters. The number of thiophene rings is 1. The molecule has 66 valence electrons. The first kappa shape index (κ1) is 8.63. The van der Waals surface area contributed by atoms with Crippen molar-refractivity contribution in [1.29, 1.82) is 0 Å². The van der Waals surface area contributed by atoms with Gasteiger partial charge in [0.15, 0.2) is 0 Å². The van der Waals surface area contributed by atoms with E-state index in [1.165, 1.54) is 4.88 Å². The van der Waals surface area contributed by atoms with E-state index < -0.39 is 0 Å². The Morgan fingerprint density at radius 1 is 1.54 bits per heavy atom. The fraction of sp³-hybridized carbons (Fsp3) is 0.111. The Labute approximate surface area is 84.8 Å². The number of thioether (sulfide) groups is 1. The summed E-state index contributed by atoms with van der Waals surface area (Å²) in [7, 11) is 0. The van der Waals surface area contributed by atoms with E-state index in [0.29, 0.717) is 5.25 Å². The second-order valence-corrected chi connectivity index (χ2v) is 4.68. The van der Waals surface area contributed by atoms with Gasteiger partial charge in [0.1, 0.15) is 0 Å². The molecule has 4 heteroatoms. The zero-order chi connectivity index (χ0) is 9.10. The lowest BCUT2D eigenvalue weighted by atomic mass is 10.3. The number of hydrogen-bond acceptors (Lipinski definition) is 4. The molecule has 2 heterocycles. The van der Waals surface area contributed by atoms with E-state index in [-0.39, 0.29) is 0 Å². The van der Waals surface area contributed by atoms with Crippen molar-refractivity contribution < 1.29 is 0 Å². The van der Waals surface area contributed by atoms with Gasteiger partial charge in [0, 0.05) is 10.7 Å². The van der Waals surface area contributed by atoms with Gasteiger partial charge in [0.05, 0.1) is 10.2 Å². The second-order valence-electron chi connectivity index (χ2n) is 2.52. The maximum atomic E-state index is 5.02. The van der Waals surface area contributed by atoms with Gasteiger partial charge in [-0.1, -0.05) is 12.1 Å². The van der Waals surface area contributed by atoms with Gasteiger partial charge in [-0.3, -0.25) is 0 Å². The summed E-state index contributed by atoms with van der Waals surface area (Å²) < 4.78 is 0. The molecule has 2 N–H and O–H groups in total. The molecule has 1 unspecified atom stereocenters. The van der Waals surface area contributed by atoms with Crippen LogP contribution in [-0.2, 0) is 0 Å². The first-order chi connectivity index (χ1) is 6.40. The molecular formula is C9H8N2S2. The monoisotopic (exact) mass is 208 g/mol. The maximum absolute atomic E-state index is 5.02. The Bertz CT molecular complexity index is 372. The Balaban J connectivity index is 2.18. The van der Waals surface area contributed by atoms with Crippen molar-refractivity contribution in [1.82, 2.24) is 0 Å². The summed E-state index contributed by atoms with van der Waals surface area (Å²) in [4.78, 5) is 2.36. The molecule has 2 rings (SSSR count). The van der Waals surface area contributed by atoms with Crippen molar-refractivity contribution in [2.24, 2.45) is 10.9 Å². The highest BCUT2D eigenvalue weighted by Crippen LogP contribution is 2.42. The van der Waals surface area contributed by atoms with E-state index in [1.54, 1.807) is 23.1 Å². The normalized spacial score (nSPS) is 20.3. The lowest BCUT2D eigenvalue weighted by Crippen LogP contribution is -1.80. The van der Waals surface area contributed by atoms with Crippen molar-refractivity contribution in [3.8, 4) is 0 Å². The fourth-order valence-corrected chi connectivity index (χ4v) is 3.01. The van der Waals surface area contributed by atoms with Gasteiger partial charge < -0.3 is 5.84 Å². The van der Waals surface area contributed by atoms with E-state index in [0.717, 1.165) is 4.91 Å². The maximum Gasteiger partial charge on any atom is 0.0713 e. The second kappa shape index (κ2) is 3.83. The number of hydrazone groups is 1. The van der Waals surface area contributed by atoms with Crippen LogP contribution in [0.25, 0.3) is 0 Å². The third-order valence-electron chi connectivity index (χ3n) is 1.67. The first-order valence-electron chi connectivity index (χ1n) is 3.81. The molecule has 0 spiro atoms. The fourth-order valence-electron chi connectivity index (χ4n) is 1.12. The number of nitrogens with zero attached hydrogens (tertiary/aromatic N) is 1. The molecule has 1 aromatic rings. The van der Waals surface area contributed by atoms with Gasteiger partial charge in [-0.15, -0.1) is 28.2 Å². The summed E-state index contributed by atoms with van der Waals surface area (Å²) in [6.45, 7) is 0. The van der Waals surface area contributed by atoms with Crippen molar-refractivity contribution in [3.05, 3.63) is 39.4 Å². The Hall–Kier alpha value is -0.960. The standard InChI is InChI=1S/C9H8N2S2/c10-11-6-7-3-4-9(13-7)8-2-1-5-12-8/h1-5,9H,10H2. The van der Waals surface area contributed by atoms with Crippen LogP contribution in [0, 0.1) is 0 Å². The molecule has 2 nitrogen and oxygen atoms in total. The van der Waals surface area contributed by atoms with Gasteiger partial charge >= 0.3 is 0 Å². The minimum absolute atomic E-state index is 0.421. The van der Waals surface area contributed by atoms with Crippen molar-refractivity contribution in [2.75, 3.05) is 0 Å². The van der Waals surface area contributed by atoms with Crippen LogP contribution in [0.15, 0.2) is 39.7 Å². The summed E-state index contributed by atoms with van der Waals surface area (Å²) >= 11 is 3.49. The minimum atomic E-state index is 0.421. The van der Waals surface area contributed by atoms with Gasteiger partial charge in [0.2, 0.25) is 0 Å². The van der Waals surface area contributed by atoms with Crippen LogP contribution in [0.1, 0.15) is 10.1 Å². The molecule has 0 bridgehead atoms. The molecule has 0 aliphatic carbocycles. The van der Waals surface area contributed by atoms with E-state index in [9.17, 15) is 0 Å². The average Bonchev–Trinajstić information content (AvgIpc) is 2.70. The molecule has 1 aromatic heterocycles. The smallest absolute Gasteiger partial charge is 0.0713 e. The number of hydrogen-bond donors (Lipinski definition) is 1. The van der Waals surface area contributed by atoms with Crippen LogP contribution in [0.5, 0.6) is 0 Å². The van der Waals surface area contributed by atoms with Crippen LogP contribution < -0.4 is 5.84 Å². The zero-order valence-electron chi connectivity index (χ0n) is 6.81.